The number of hydrogen-bond acceptors (Lipinski definition) is 4. The van der Waals surface area contributed by atoms with Gasteiger partial charge < -0.3 is 9.73 Å². The van der Waals surface area contributed by atoms with E-state index in [1.165, 1.54) is 0 Å². The Labute approximate surface area is 124 Å². The van der Waals surface area contributed by atoms with Crippen LogP contribution in [0.5, 0.6) is 0 Å². The lowest BCUT2D eigenvalue weighted by Crippen LogP contribution is -2.32. The van der Waals surface area contributed by atoms with Gasteiger partial charge in [0.1, 0.15) is 5.76 Å². The summed E-state index contributed by atoms with van der Waals surface area (Å²) < 4.78 is 7.14. The molecule has 2 rings (SSSR count). The third kappa shape index (κ3) is 3.33. The van der Waals surface area contributed by atoms with Crippen LogP contribution in [-0.4, -0.2) is 34.2 Å². The van der Waals surface area contributed by atoms with Gasteiger partial charge in [0.05, 0.1) is 35.9 Å². The zero-order valence-corrected chi connectivity index (χ0v) is 13.2. The Morgan fingerprint density at radius 1 is 1.52 bits per heavy atom. The van der Waals surface area contributed by atoms with Gasteiger partial charge in [-0.3, -0.25) is 14.4 Å². The number of aromatic nitrogens is 2. The van der Waals surface area contributed by atoms with Crippen LogP contribution in [0.1, 0.15) is 30.1 Å². The fourth-order valence-electron chi connectivity index (χ4n) is 2.24. The monoisotopic (exact) mass is 290 g/mol. The second kappa shape index (κ2) is 6.13. The van der Waals surface area contributed by atoms with Crippen LogP contribution in [0.25, 0.3) is 0 Å². The number of amides is 1. The number of furan rings is 1. The third-order valence-electron chi connectivity index (χ3n) is 3.78. The van der Waals surface area contributed by atoms with Crippen LogP contribution in [0.3, 0.4) is 0 Å². The van der Waals surface area contributed by atoms with Crippen LogP contribution in [-0.2, 0) is 11.8 Å². The minimum atomic E-state index is -0.0601. The van der Waals surface area contributed by atoms with E-state index in [2.05, 4.69) is 10.4 Å². The minimum absolute atomic E-state index is 0.0434. The summed E-state index contributed by atoms with van der Waals surface area (Å²) in [5.74, 6) is 0.786. The summed E-state index contributed by atoms with van der Waals surface area (Å²) in [5, 5.41) is 7.23. The van der Waals surface area contributed by atoms with E-state index < -0.39 is 0 Å². The van der Waals surface area contributed by atoms with E-state index >= 15 is 0 Å². The lowest BCUT2D eigenvalue weighted by Gasteiger charge is -2.22. The highest BCUT2D eigenvalue weighted by Gasteiger charge is 2.18. The van der Waals surface area contributed by atoms with Gasteiger partial charge >= 0.3 is 0 Å². The highest BCUT2D eigenvalue weighted by atomic mass is 16.3. The molecule has 1 unspecified atom stereocenters. The number of nitrogens with zero attached hydrogens (tertiary/aromatic N) is 3. The number of hydrogen-bond donors (Lipinski definition) is 1. The highest BCUT2D eigenvalue weighted by molar-refractivity contribution is 5.93. The topological polar surface area (TPSA) is 63.3 Å². The van der Waals surface area contributed by atoms with Crippen molar-refractivity contribution in [3.63, 3.8) is 0 Å². The number of likely N-dealkylation sites (N-methyl/N-ethyl adjacent to an activating group) is 1. The fraction of sp³-hybridized carbons (Fsp3) is 0.467. The summed E-state index contributed by atoms with van der Waals surface area (Å²) in [6, 6.07) is 3.80. The Morgan fingerprint density at radius 2 is 2.24 bits per heavy atom. The second-order valence-corrected chi connectivity index (χ2v) is 5.32. The van der Waals surface area contributed by atoms with Crippen molar-refractivity contribution in [2.45, 2.75) is 26.8 Å². The van der Waals surface area contributed by atoms with Gasteiger partial charge in [0.2, 0.25) is 5.91 Å². The molecular weight excluding hydrogens is 268 g/mol. The molecule has 21 heavy (non-hydrogen) atoms. The first-order chi connectivity index (χ1) is 9.90. The molecule has 0 saturated heterocycles. The molecule has 1 atom stereocenters. The quantitative estimate of drug-likeness (QED) is 0.917. The van der Waals surface area contributed by atoms with E-state index in [4.69, 9.17) is 4.42 Å². The minimum Gasteiger partial charge on any atom is -0.468 e. The fourth-order valence-corrected chi connectivity index (χ4v) is 2.24. The van der Waals surface area contributed by atoms with Crippen molar-refractivity contribution in [3.8, 4) is 0 Å². The molecule has 0 aliphatic rings. The summed E-state index contributed by atoms with van der Waals surface area (Å²) in [5.41, 5.74) is 2.56. The summed E-state index contributed by atoms with van der Waals surface area (Å²) in [7, 11) is 3.76. The molecule has 0 spiro atoms. The Morgan fingerprint density at radius 3 is 2.76 bits per heavy atom. The molecule has 2 aromatic rings. The second-order valence-electron chi connectivity index (χ2n) is 5.32. The number of carbonyl (C=O) groups is 1. The van der Waals surface area contributed by atoms with E-state index in [9.17, 15) is 4.79 Å². The maximum Gasteiger partial charge on any atom is 0.238 e. The molecule has 0 aliphatic heterocycles. The molecule has 0 saturated carbocycles. The van der Waals surface area contributed by atoms with E-state index in [1.54, 1.807) is 10.9 Å². The van der Waals surface area contributed by atoms with Crippen molar-refractivity contribution in [3.05, 3.63) is 35.5 Å². The standard InChI is InChI=1S/C15H22N4O2/c1-10-15(12(3)19(5)17-10)16-14(20)9-18(4)11(2)13-7-6-8-21-13/h6-8,11H,9H2,1-5H3,(H,16,20). The maximum atomic E-state index is 12.2. The van der Waals surface area contributed by atoms with Crippen LogP contribution in [0.2, 0.25) is 0 Å². The first-order valence-electron chi connectivity index (χ1n) is 6.93. The van der Waals surface area contributed by atoms with Gasteiger partial charge in [-0.25, -0.2) is 0 Å². The first kappa shape index (κ1) is 15.3. The SMILES string of the molecule is Cc1nn(C)c(C)c1NC(=O)CN(C)C(C)c1ccco1. The third-order valence-corrected chi connectivity index (χ3v) is 3.78. The van der Waals surface area contributed by atoms with Gasteiger partial charge in [-0.1, -0.05) is 0 Å². The molecule has 0 fully saturated rings. The van der Waals surface area contributed by atoms with Crippen molar-refractivity contribution in [2.75, 3.05) is 18.9 Å². The van der Waals surface area contributed by atoms with Gasteiger partial charge in [0.25, 0.3) is 0 Å². The molecule has 2 heterocycles. The number of carbonyl (C=O) groups excluding carboxylic acids is 1. The van der Waals surface area contributed by atoms with Crippen molar-refractivity contribution in [1.82, 2.24) is 14.7 Å². The lowest BCUT2D eigenvalue weighted by molar-refractivity contribution is -0.117. The van der Waals surface area contributed by atoms with Gasteiger partial charge in [-0.2, -0.15) is 5.10 Å². The predicted molar refractivity (Wildman–Crippen MR) is 81.1 cm³/mol. The molecule has 0 aliphatic carbocycles. The molecule has 0 radical (unpaired) electrons. The molecule has 1 amide bonds. The Bertz CT molecular complexity index is 616. The summed E-state index contributed by atoms with van der Waals surface area (Å²) in [6.45, 7) is 6.12. The zero-order chi connectivity index (χ0) is 15.6. The predicted octanol–water partition coefficient (Wildman–Crippen LogP) is 2.26. The molecule has 114 valence electrons. The van der Waals surface area contributed by atoms with Gasteiger partial charge in [0, 0.05) is 7.05 Å². The lowest BCUT2D eigenvalue weighted by atomic mass is 10.2. The van der Waals surface area contributed by atoms with E-state index in [-0.39, 0.29) is 18.5 Å². The van der Waals surface area contributed by atoms with Crippen LogP contribution in [0, 0.1) is 13.8 Å². The number of nitrogens with one attached hydrogen (secondary N) is 1. The summed E-state index contributed by atoms with van der Waals surface area (Å²) in [6.07, 6.45) is 1.64. The van der Waals surface area contributed by atoms with Gasteiger partial charge in [-0.05, 0) is 40.0 Å². The zero-order valence-electron chi connectivity index (χ0n) is 13.2. The Hall–Kier alpha value is -2.08. The van der Waals surface area contributed by atoms with Crippen molar-refractivity contribution in [2.24, 2.45) is 7.05 Å². The van der Waals surface area contributed by atoms with Crippen molar-refractivity contribution < 1.29 is 9.21 Å². The van der Waals surface area contributed by atoms with Crippen molar-refractivity contribution >= 4 is 11.6 Å². The Balaban J connectivity index is 1.98. The Kier molecular flexibility index (Phi) is 4.47. The average molecular weight is 290 g/mol. The largest absolute Gasteiger partial charge is 0.468 e. The van der Waals surface area contributed by atoms with Crippen LogP contribution in [0.4, 0.5) is 5.69 Å². The van der Waals surface area contributed by atoms with Crippen molar-refractivity contribution in [1.29, 1.82) is 0 Å². The van der Waals surface area contributed by atoms with E-state index in [1.807, 2.05) is 51.9 Å². The molecular formula is C15H22N4O2. The van der Waals surface area contributed by atoms with Crippen LogP contribution < -0.4 is 5.32 Å². The molecule has 6 heteroatoms. The normalized spacial score (nSPS) is 12.7. The molecule has 6 nitrogen and oxygen atoms in total. The smallest absolute Gasteiger partial charge is 0.238 e. The molecule has 0 bridgehead atoms. The van der Waals surface area contributed by atoms with E-state index in [0.717, 1.165) is 22.8 Å². The maximum absolute atomic E-state index is 12.2. The summed E-state index contributed by atoms with van der Waals surface area (Å²) >= 11 is 0. The summed E-state index contributed by atoms with van der Waals surface area (Å²) in [4.78, 5) is 14.1. The molecule has 0 aromatic carbocycles. The van der Waals surface area contributed by atoms with Gasteiger partial charge in [0.15, 0.2) is 0 Å². The number of anilines is 1. The number of aryl methyl sites for hydroxylation is 2. The first-order valence-corrected chi connectivity index (χ1v) is 6.93. The van der Waals surface area contributed by atoms with Crippen LogP contribution in [0.15, 0.2) is 22.8 Å². The van der Waals surface area contributed by atoms with E-state index in [0.29, 0.717) is 0 Å². The number of rotatable bonds is 5. The van der Waals surface area contributed by atoms with Gasteiger partial charge in [-0.15, -0.1) is 0 Å². The van der Waals surface area contributed by atoms with Crippen LogP contribution >= 0.6 is 0 Å². The highest BCUT2D eigenvalue weighted by Crippen LogP contribution is 2.20. The molecule has 2 aromatic heterocycles. The average Bonchev–Trinajstić information content (AvgIpc) is 3.03. The molecule has 1 N–H and O–H groups in total.